The Morgan fingerprint density at radius 3 is 3.10 bits per heavy atom. The number of aromatic nitrogens is 1. The zero-order chi connectivity index (χ0) is 14.1. The van der Waals surface area contributed by atoms with E-state index in [1.54, 1.807) is 0 Å². The summed E-state index contributed by atoms with van der Waals surface area (Å²) < 4.78 is 5.21. The number of benzene rings is 1. The first-order valence-corrected chi connectivity index (χ1v) is 7.02. The zero-order valence-corrected chi connectivity index (χ0v) is 11.8. The molecule has 104 valence electrons. The average Bonchev–Trinajstić information content (AvgIpc) is 3.05. The Morgan fingerprint density at radius 1 is 1.50 bits per heavy atom. The lowest BCUT2D eigenvalue weighted by molar-refractivity contribution is 0.0931. The van der Waals surface area contributed by atoms with E-state index in [-0.39, 0.29) is 11.9 Å². The maximum atomic E-state index is 12.2. The summed E-state index contributed by atoms with van der Waals surface area (Å²) in [4.78, 5) is 16.3. The van der Waals surface area contributed by atoms with Crippen molar-refractivity contribution in [3.05, 3.63) is 52.7 Å². The lowest BCUT2D eigenvalue weighted by Crippen LogP contribution is -2.27. The summed E-state index contributed by atoms with van der Waals surface area (Å²) >= 11 is 0. The molecule has 1 N–H and O–H groups in total. The van der Waals surface area contributed by atoms with Gasteiger partial charge in [-0.3, -0.25) is 4.79 Å². The number of carbonyl (C=O) groups is 1. The molecule has 0 radical (unpaired) electrons. The van der Waals surface area contributed by atoms with Gasteiger partial charge in [0.15, 0.2) is 11.6 Å². The first-order chi connectivity index (χ1) is 9.67. The van der Waals surface area contributed by atoms with Crippen LogP contribution in [0.1, 0.15) is 52.5 Å². The molecule has 1 aromatic carbocycles. The molecule has 0 bridgehead atoms. The Morgan fingerprint density at radius 2 is 2.35 bits per heavy atom. The molecule has 0 aliphatic heterocycles. The number of hydrogen-bond acceptors (Lipinski definition) is 3. The highest BCUT2D eigenvalue weighted by Crippen LogP contribution is 2.31. The van der Waals surface area contributed by atoms with Crippen LogP contribution in [0.15, 0.2) is 28.9 Å². The molecule has 0 fully saturated rings. The number of carbonyl (C=O) groups excluding carboxylic acids is 1. The Hall–Kier alpha value is -2.10. The number of rotatable bonds is 3. The SMILES string of the molecule is CCc1nc(C(=O)NC2CCc3cc(C)ccc32)co1. The van der Waals surface area contributed by atoms with E-state index in [9.17, 15) is 4.79 Å². The molecule has 1 atom stereocenters. The van der Waals surface area contributed by atoms with Crippen LogP contribution in [0.5, 0.6) is 0 Å². The molecule has 1 amide bonds. The number of oxazole rings is 1. The molecule has 1 aliphatic rings. The first kappa shape index (κ1) is 12.9. The molecule has 0 saturated carbocycles. The molecule has 1 heterocycles. The van der Waals surface area contributed by atoms with Crippen LogP contribution in [0.2, 0.25) is 0 Å². The van der Waals surface area contributed by atoms with Crippen LogP contribution >= 0.6 is 0 Å². The van der Waals surface area contributed by atoms with Gasteiger partial charge in [-0.1, -0.05) is 30.7 Å². The lowest BCUT2D eigenvalue weighted by atomic mass is 10.1. The molecule has 2 aromatic rings. The topological polar surface area (TPSA) is 55.1 Å². The Kier molecular flexibility index (Phi) is 3.30. The summed E-state index contributed by atoms with van der Waals surface area (Å²) in [5, 5.41) is 3.05. The Labute approximate surface area is 118 Å². The number of fused-ring (bicyclic) bond motifs is 1. The van der Waals surface area contributed by atoms with Crippen LogP contribution in [0.25, 0.3) is 0 Å². The van der Waals surface area contributed by atoms with Gasteiger partial charge in [0.05, 0.1) is 6.04 Å². The fraction of sp³-hybridized carbons (Fsp3) is 0.375. The number of amides is 1. The van der Waals surface area contributed by atoms with E-state index in [1.807, 2.05) is 6.92 Å². The molecule has 3 rings (SSSR count). The third kappa shape index (κ3) is 2.33. The van der Waals surface area contributed by atoms with Gasteiger partial charge in [-0.15, -0.1) is 0 Å². The van der Waals surface area contributed by atoms with Crippen molar-refractivity contribution in [1.82, 2.24) is 10.3 Å². The number of nitrogens with one attached hydrogen (secondary N) is 1. The van der Waals surface area contributed by atoms with E-state index in [0.717, 1.165) is 12.8 Å². The molecule has 0 saturated heterocycles. The second-order valence-corrected chi connectivity index (χ2v) is 5.25. The maximum Gasteiger partial charge on any atom is 0.273 e. The summed E-state index contributed by atoms with van der Waals surface area (Å²) in [6.45, 7) is 4.04. The van der Waals surface area contributed by atoms with Crippen LogP contribution in [0.4, 0.5) is 0 Å². The highest BCUT2D eigenvalue weighted by atomic mass is 16.3. The largest absolute Gasteiger partial charge is 0.448 e. The van der Waals surface area contributed by atoms with Crippen LogP contribution in [-0.4, -0.2) is 10.9 Å². The van der Waals surface area contributed by atoms with Crippen molar-refractivity contribution in [2.45, 2.75) is 39.2 Å². The van der Waals surface area contributed by atoms with Crippen LogP contribution in [0, 0.1) is 6.92 Å². The normalized spacial score (nSPS) is 17.0. The van der Waals surface area contributed by atoms with E-state index >= 15 is 0 Å². The molecule has 0 spiro atoms. The number of aryl methyl sites for hydroxylation is 3. The molecule has 1 unspecified atom stereocenters. The molecular weight excluding hydrogens is 252 g/mol. The summed E-state index contributed by atoms with van der Waals surface area (Å²) in [5.74, 6) is 0.435. The van der Waals surface area contributed by atoms with Crippen LogP contribution in [0.3, 0.4) is 0 Å². The van der Waals surface area contributed by atoms with E-state index in [4.69, 9.17) is 4.42 Å². The minimum atomic E-state index is -0.160. The molecule has 1 aliphatic carbocycles. The standard InChI is InChI=1S/C16H18N2O2/c1-3-15-17-14(9-20-15)16(19)18-13-7-5-11-8-10(2)4-6-12(11)13/h4,6,8-9,13H,3,5,7H2,1-2H3,(H,18,19). The molecule has 20 heavy (non-hydrogen) atoms. The van der Waals surface area contributed by atoms with Crippen LogP contribution in [-0.2, 0) is 12.8 Å². The number of nitrogens with zero attached hydrogens (tertiary/aromatic N) is 1. The van der Waals surface area contributed by atoms with Crippen molar-refractivity contribution in [3.63, 3.8) is 0 Å². The van der Waals surface area contributed by atoms with Crippen molar-refractivity contribution in [2.75, 3.05) is 0 Å². The highest BCUT2D eigenvalue weighted by molar-refractivity contribution is 5.92. The predicted octanol–water partition coefficient (Wildman–Crippen LogP) is 2.96. The third-order valence-electron chi connectivity index (χ3n) is 3.77. The second kappa shape index (κ2) is 5.12. The fourth-order valence-electron chi connectivity index (χ4n) is 2.71. The minimum absolute atomic E-state index is 0.0832. The smallest absolute Gasteiger partial charge is 0.273 e. The van der Waals surface area contributed by atoms with E-state index in [0.29, 0.717) is 18.0 Å². The third-order valence-corrected chi connectivity index (χ3v) is 3.77. The van der Waals surface area contributed by atoms with E-state index in [2.05, 4.69) is 35.4 Å². The van der Waals surface area contributed by atoms with Crippen molar-refractivity contribution in [1.29, 1.82) is 0 Å². The fourth-order valence-corrected chi connectivity index (χ4v) is 2.71. The molecular formula is C16H18N2O2. The zero-order valence-electron chi connectivity index (χ0n) is 11.8. The first-order valence-electron chi connectivity index (χ1n) is 7.02. The molecule has 4 heteroatoms. The van der Waals surface area contributed by atoms with Crippen molar-refractivity contribution in [3.8, 4) is 0 Å². The predicted molar refractivity (Wildman–Crippen MR) is 75.6 cm³/mol. The molecule has 1 aromatic heterocycles. The molecule has 4 nitrogen and oxygen atoms in total. The minimum Gasteiger partial charge on any atom is -0.448 e. The van der Waals surface area contributed by atoms with Gasteiger partial charge in [-0.05, 0) is 30.9 Å². The Bertz CT molecular complexity index is 646. The summed E-state index contributed by atoms with van der Waals surface area (Å²) in [5.41, 5.74) is 4.19. The average molecular weight is 270 g/mol. The van der Waals surface area contributed by atoms with Gasteiger partial charge in [0, 0.05) is 6.42 Å². The number of hydrogen-bond donors (Lipinski definition) is 1. The lowest BCUT2D eigenvalue weighted by Gasteiger charge is -2.13. The van der Waals surface area contributed by atoms with Crippen molar-refractivity contribution in [2.24, 2.45) is 0 Å². The maximum absolute atomic E-state index is 12.2. The quantitative estimate of drug-likeness (QED) is 0.933. The summed E-state index contributed by atoms with van der Waals surface area (Å²) in [6, 6.07) is 6.49. The van der Waals surface area contributed by atoms with Crippen molar-refractivity contribution >= 4 is 5.91 Å². The monoisotopic (exact) mass is 270 g/mol. The highest BCUT2D eigenvalue weighted by Gasteiger charge is 2.25. The van der Waals surface area contributed by atoms with E-state index in [1.165, 1.54) is 23.0 Å². The van der Waals surface area contributed by atoms with Gasteiger partial charge in [0.1, 0.15) is 6.26 Å². The van der Waals surface area contributed by atoms with Crippen molar-refractivity contribution < 1.29 is 9.21 Å². The Balaban J connectivity index is 1.75. The van der Waals surface area contributed by atoms with E-state index < -0.39 is 0 Å². The van der Waals surface area contributed by atoms with Gasteiger partial charge >= 0.3 is 0 Å². The second-order valence-electron chi connectivity index (χ2n) is 5.25. The summed E-state index contributed by atoms with van der Waals surface area (Å²) in [6.07, 6.45) is 4.09. The summed E-state index contributed by atoms with van der Waals surface area (Å²) in [7, 11) is 0. The van der Waals surface area contributed by atoms with Gasteiger partial charge < -0.3 is 9.73 Å². The van der Waals surface area contributed by atoms with Gasteiger partial charge in [0.25, 0.3) is 5.91 Å². The van der Waals surface area contributed by atoms with Gasteiger partial charge in [-0.2, -0.15) is 0 Å². The van der Waals surface area contributed by atoms with Gasteiger partial charge in [0.2, 0.25) is 0 Å². The van der Waals surface area contributed by atoms with Crippen LogP contribution < -0.4 is 5.32 Å². The van der Waals surface area contributed by atoms with Gasteiger partial charge in [-0.25, -0.2) is 4.98 Å².